The van der Waals surface area contributed by atoms with E-state index >= 15 is 0 Å². The SMILES string of the molecule is CCCNC(c1nccn1CCC)C1(C)CCCO1. The molecule has 0 spiro atoms. The van der Waals surface area contributed by atoms with Crippen molar-refractivity contribution in [2.75, 3.05) is 13.2 Å². The van der Waals surface area contributed by atoms with Gasteiger partial charge in [0, 0.05) is 25.5 Å². The van der Waals surface area contributed by atoms with Gasteiger partial charge in [-0.15, -0.1) is 0 Å². The summed E-state index contributed by atoms with van der Waals surface area (Å²) in [7, 11) is 0. The Morgan fingerprint density at radius 3 is 2.95 bits per heavy atom. The molecule has 2 rings (SSSR count). The smallest absolute Gasteiger partial charge is 0.128 e. The monoisotopic (exact) mass is 265 g/mol. The van der Waals surface area contributed by atoms with Crippen LogP contribution < -0.4 is 5.32 Å². The minimum atomic E-state index is -0.119. The van der Waals surface area contributed by atoms with E-state index < -0.39 is 0 Å². The fraction of sp³-hybridized carbons (Fsp3) is 0.800. The van der Waals surface area contributed by atoms with Gasteiger partial charge in [0.05, 0.1) is 11.6 Å². The largest absolute Gasteiger partial charge is 0.373 e. The molecule has 108 valence electrons. The summed E-state index contributed by atoms with van der Waals surface area (Å²) in [4.78, 5) is 4.60. The number of rotatable bonds is 7. The van der Waals surface area contributed by atoms with Gasteiger partial charge in [0.25, 0.3) is 0 Å². The molecule has 0 saturated carbocycles. The zero-order valence-corrected chi connectivity index (χ0v) is 12.5. The first kappa shape index (κ1) is 14.5. The molecule has 2 unspecified atom stereocenters. The number of hydrogen-bond donors (Lipinski definition) is 1. The molecule has 4 heteroatoms. The molecular weight excluding hydrogens is 238 g/mol. The predicted molar refractivity (Wildman–Crippen MR) is 77.1 cm³/mol. The lowest BCUT2D eigenvalue weighted by Crippen LogP contribution is -2.43. The molecule has 1 N–H and O–H groups in total. The predicted octanol–water partition coefficient (Wildman–Crippen LogP) is 2.90. The lowest BCUT2D eigenvalue weighted by molar-refractivity contribution is -0.0157. The van der Waals surface area contributed by atoms with Gasteiger partial charge >= 0.3 is 0 Å². The minimum Gasteiger partial charge on any atom is -0.373 e. The Bertz CT molecular complexity index is 382. The number of aromatic nitrogens is 2. The highest BCUT2D eigenvalue weighted by Gasteiger charge is 2.41. The summed E-state index contributed by atoms with van der Waals surface area (Å²) in [6, 6.07) is 0.191. The molecule has 19 heavy (non-hydrogen) atoms. The van der Waals surface area contributed by atoms with Gasteiger partial charge in [-0.3, -0.25) is 0 Å². The summed E-state index contributed by atoms with van der Waals surface area (Å²) >= 11 is 0. The van der Waals surface area contributed by atoms with Crippen molar-refractivity contribution < 1.29 is 4.74 Å². The Morgan fingerprint density at radius 2 is 2.32 bits per heavy atom. The molecule has 0 bridgehead atoms. The molecule has 1 aliphatic heterocycles. The van der Waals surface area contributed by atoms with Crippen LogP contribution in [0.4, 0.5) is 0 Å². The average molecular weight is 265 g/mol. The van der Waals surface area contributed by atoms with Crippen LogP contribution in [-0.2, 0) is 11.3 Å². The Morgan fingerprint density at radius 1 is 1.47 bits per heavy atom. The zero-order valence-electron chi connectivity index (χ0n) is 12.5. The number of imidazole rings is 1. The van der Waals surface area contributed by atoms with Crippen LogP contribution in [0.3, 0.4) is 0 Å². The lowest BCUT2D eigenvalue weighted by atomic mass is 9.92. The Labute approximate surface area is 116 Å². The summed E-state index contributed by atoms with van der Waals surface area (Å²) < 4.78 is 8.30. The summed E-state index contributed by atoms with van der Waals surface area (Å²) in [6.45, 7) is 9.51. The van der Waals surface area contributed by atoms with E-state index in [4.69, 9.17) is 4.74 Å². The van der Waals surface area contributed by atoms with Crippen LogP contribution in [-0.4, -0.2) is 28.3 Å². The van der Waals surface area contributed by atoms with Crippen LogP contribution in [0, 0.1) is 0 Å². The van der Waals surface area contributed by atoms with E-state index in [0.717, 1.165) is 51.2 Å². The van der Waals surface area contributed by atoms with Gasteiger partial charge in [0.15, 0.2) is 0 Å². The fourth-order valence-corrected chi connectivity index (χ4v) is 2.91. The molecule has 1 aromatic heterocycles. The third kappa shape index (κ3) is 3.18. The summed E-state index contributed by atoms with van der Waals surface area (Å²) in [6.07, 6.45) is 8.49. The maximum Gasteiger partial charge on any atom is 0.128 e. The van der Waals surface area contributed by atoms with Crippen molar-refractivity contribution in [2.45, 2.75) is 64.6 Å². The van der Waals surface area contributed by atoms with Crippen molar-refractivity contribution in [1.29, 1.82) is 0 Å². The van der Waals surface area contributed by atoms with Crippen molar-refractivity contribution in [1.82, 2.24) is 14.9 Å². The molecule has 1 fully saturated rings. The van der Waals surface area contributed by atoms with Gasteiger partial charge in [-0.2, -0.15) is 0 Å². The van der Waals surface area contributed by atoms with E-state index in [1.54, 1.807) is 0 Å². The van der Waals surface area contributed by atoms with Crippen molar-refractivity contribution >= 4 is 0 Å². The molecule has 0 amide bonds. The molecule has 4 nitrogen and oxygen atoms in total. The number of ether oxygens (including phenoxy) is 1. The van der Waals surface area contributed by atoms with Crippen LogP contribution in [0.1, 0.15) is 58.3 Å². The van der Waals surface area contributed by atoms with Crippen LogP contribution in [0.25, 0.3) is 0 Å². The van der Waals surface area contributed by atoms with Gasteiger partial charge in [-0.25, -0.2) is 4.98 Å². The molecule has 2 heterocycles. The second-order valence-electron chi connectivity index (χ2n) is 5.63. The summed E-state index contributed by atoms with van der Waals surface area (Å²) in [5, 5.41) is 3.64. The van der Waals surface area contributed by atoms with Crippen LogP contribution in [0.15, 0.2) is 12.4 Å². The Hall–Kier alpha value is -0.870. The van der Waals surface area contributed by atoms with E-state index in [-0.39, 0.29) is 11.6 Å². The van der Waals surface area contributed by atoms with E-state index in [1.807, 2.05) is 6.20 Å². The molecule has 0 aliphatic carbocycles. The number of aryl methyl sites for hydroxylation is 1. The zero-order chi connectivity index (χ0) is 13.7. The second-order valence-corrected chi connectivity index (χ2v) is 5.63. The quantitative estimate of drug-likeness (QED) is 0.824. The molecule has 0 aromatic carbocycles. The van der Waals surface area contributed by atoms with E-state index in [9.17, 15) is 0 Å². The maximum absolute atomic E-state index is 6.04. The van der Waals surface area contributed by atoms with E-state index in [1.165, 1.54) is 0 Å². The number of hydrogen-bond acceptors (Lipinski definition) is 3. The second kappa shape index (κ2) is 6.53. The summed E-state index contributed by atoms with van der Waals surface area (Å²) in [5.41, 5.74) is -0.119. The van der Waals surface area contributed by atoms with Gasteiger partial charge < -0.3 is 14.6 Å². The summed E-state index contributed by atoms with van der Waals surface area (Å²) in [5.74, 6) is 1.12. The standard InChI is InChI=1S/C15H27N3O/c1-4-8-16-13(15(3)7-6-12-19-15)14-17-9-11-18(14)10-5-2/h9,11,13,16H,4-8,10,12H2,1-3H3. The van der Waals surface area contributed by atoms with Gasteiger partial charge in [0.1, 0.15) is 5.82 Å². The lowest BCUT2D eigenvalue weighted by Gasteiger charge is -2.34. The van der Waals surface area contributed by atoms with Crippen molar-refractivity contribution in [2.24, 2.45) is 0 Å². The van der Waals surface area contributed by atoms with Crippen LogP contribution in [0.5, 0.6) is 0 Å². The third-order valence-corrected chi connectivity index (χ3v) is 3.93. The topological polar surface area (TPSA) is 39.1 Å². The first-order chi connectivity index (χ1) is 9.21. The first-order valence-corrected chi connectivity index (χ1v) is 7.59. The molecule has 1 aromatic rings. The normalized spacial score (nSPS) is 24.8. The van der Waals surface area contributed by atoms with E-state index in [2.05, 4.69) is 41.8 Å². The molecule has 1 saturated heterocycles. The molecule has 1 aliphatic rings. The first-order valence-electron chi connectivity index (χ1n) is 7.59. The van der Waals surface area contributed by atoms with E-state index in [0.29, 0.717) is 0 Å². The third-order valence-electron chi connectivity index (χ3n) is 3.93. The van der Waals surface area contributed by atoms with Gasteiger partial charge in [-0.1, -0.05) is 13.8 Å². The molecule has 0 radical (unpaired) electrons. The van der Waals surface area contributed by atoms with Crippen LogP contribution >= 0.6 is 0 Å². The van der Waals surface area contributed by atoms with Crippen molar-refractivity contribution in [3.8, 4) is 0 Å². The fourth-order valence-electron chi connectivity index (χ4n) is 2.91. The highest BCUT2D eigenvalue weighted by atomic mass is 16.5. The Kier molecular flexibility index (Phi) is 4.99. The number of nitrogens with one attached hydrogen (secondary N) is 1. The van der Waals surface area contributed by atoms with Crippen molar-refractivity contribution in [3.05, 3.63) is 18.2 Å². The van der Waals surface area contributed by atoms with Gasteiger partial charge in [-0.05, 0) is 39.2 Å². The average Bonchev–Trinajstić information content (AvgIpc) is 3.01. The van der Waals surface area contributed by atoms with Crippen LogP contribution in [0.2, 0.25) is 0 Å². The van der Waals surface area contributed by atoms with Crippen molar-refractivity contribution in [3.63, 3.8) is 0 Å². The highest BCUT2D eigenvalue weighted by molar-refractivity contribution is 5.08. The minimum absolute atomic E-state index is 0.119. The molecular formula is C15H27N3O. The highest BCUT2D eigenvalue weighted by Crippen LogP contribution is 2.36. The van der Waals surface area contributed by atoms with Gasteiger partial charge in [0.2, 0.25) is 0 Å². The Balaban J connectivity index is 2.23. The molecule has 2 atom stereocenters. The maximum atomic E-state index is 6.04. The number of nitrogens with zero attached hydrogens (tertiary/aromatic N) is 2.